The molecule has 0 unspecified atom stereocenters. The number of methoxy groups -OCH3 is 2. The van der Waals surface area contributed by atoms with Crippen molar-refractivity contribution in [1.29, 1.82) is 0 Å². The molecule has 2 rings (SSSR count). The van der Waals surface area contributed by atoms with Crippen molar-refractivity contribution in [2.45, 2.75) is 0 Å². The van der Waals surface area contributed by atoms with E-state index in [-0.39, 0.29) is 10.8 Å². The number of anilines is 1. The molecule has 0 radical (unpaired) electrons. The number of carbonyl (C=O) groups excluding carboxylic acids is 1. The molecular weight excluding hydrogens is 370 g/mol. The molecule has 140 valence electrons. The number of nitro benzene ring substituents is 1. The van der Waals surface area contributed by atoms with E-state index >= 15 is 0 Å². The minimum Gasteiger partial charge on any atom is -0.493 e. The Morgan fingerprint density at radius 3 is 2.37 bits per heavy atom. The predicted octanol–water partition coefficient (Wildman–Crippen LogP) is 3.14. The summed E-state index contributed by atoms with van der Waals surface area (Å²) in [7, 11) is 3.07. The van der Waals surface area contributed by atoms with Gasteiger partial charge in [0.05, 0.1) is 19.1 Å². The number of nitrogens with zero attached hydrogens (tertiary/aromatic N) is 1. The van der Waals surface area contributed by atoms with Gasteiger partial charge >= 0.3 is 0 Å². The van der Waals surface area contributed by atoms with E-state index in [1.807, 2.05) is 0 Å². The van der Waals surface area contributed by atoms with Crippen LogP contribution in [-0.4, -0.2) is 30.2 Å². The number of nitro groups is 1. The number of carbonyl (C=O) groups is 1. The molecule has 0 aliphatic carbocycles. The van der Waals surface area contributed by atoms with Crippen LogP contribution in [0, 0.1) is 10.1 Å². The molecule has 1 amide bonds. The SMILES string of the molecule is COc1ccc(C=CC(=O)NC(=S)Nc2ccc([N+](=O)[O-])cc2)cc1OC. The summed E-state index contributed by atoms with van der Waals surface area (Å²) >= 11 is 5.05. The Kier molecular flexibility index (Phi) is 6.84. The lowest BCUT2D eigenvalue weighted by molar-refractivity contribution is -0.384. The van der Waals surface area contributed by atoms with Crippen LogP contribution in [0.2, 0.25) is 0 Å². The second-order valence-corrected chi connectivity index (χ2v) is 5.60. The van der Waals surface area contributed by atoms with E-state index in [9.17, 15) is 14.9 Å². The highest BCUT2D eigenvalue weighted by Crippen LogP contribution is 2.27. The minimum atomic E-state index is -0.497. The average Bonchev–Trinajstić information content (AvgIpc) is 2.66. The number of amides is 1. The molecule has 0 saturated heterocycles. The van der Waals surface area contributed by atoms with Gasteiger partial charge in [-0.15, -0.1) is 0 Å². The maximum Gasteiger partial charge on any atom is 0.269 e. The molecule has 2 aromatic carbocycles. The van der Waals surface area contributed by atoms with Crippen LogP contribution in [0.3, 0.4) is 0 Å². The van der Waals surface area contributed by atoms with Gasteiger partial charge in [-0.2, -0.15) is 0 Å². The molecule has 0 heterocycles. The van der Waals surface area contributed by atoms with Gasteiger partial charge in [0.25, 0.3) is 5.69 Å². The summed E-state index contributed by atoms with van der Waals surface area (Å²) in [5.41, 5.74) is 1.24. The van der Waals surface area contributed by atoms with Crippen molar-refractivity contribution in [1.82, 2.24) is 5.32 Å². The van der Waals surface area contributed by atoms with Gasteiger partial charge in [0.2, 0.25) is 5.91 Å². The van der Waals surface area contributed by atoms with Gasteiger partial charge in [-0.3, -0.25) is 20.2 Å². The van der Waals surface area contributed by atoms with Crippen LogP contribution in [0.4, 0.5) is 11.4 Å². The first kappa shape index (κ1) is 19.9. The minimum absolute atomic E-state index is 0.0339. The lowest BCUT2D eigenvalue weighted by Crippen LogP contribution is -2.32. The summed E-state index contributed by atoms with van der Waals surface area (Å²) in [4.78, 5) is 22.1. The van der Waals surface area contributed by atoms with Gasteiger partial charge in [0, 0.05) is 23.9 Å². The molecule has 8 nitrogen and oxygen atoms in total. The molecule has 0 aliphatic rings. The topological polar surface area (TPSA) is 103 Å². The molecule has 2 aromatic rings. The molecule has 0 fully saturated rings. The number of thiocarbonyl (C=S) groups is 1. The Bertz CT molecular complexity index is 881. The number of non-ortho nitro benzene ring substituents is 1. The van der Waals surface area contributed by atoms with E-state index in [4.69, 9.17) is 21.7 Å². The third kappa shape index (κ3) is 5.79. The number of ether oxygens (including phenoxy) is 2. The number of rotatable bonds is 6. The Labute approximate surface area is 160 Å². The monoisotopic (exact) mass is 387 g/mol. The molecule has 0 spiro atoms. The van der Waals surface area contributed by atoms with Crippen molar-refractivity contribution in [3.8, 4) is 11.5 Å². The van der Waals surface area contributed by atoms with E-state index in [0.29, 0.717) is 17.2 Å². The Balaban J connectivity index is 1.93. The zero-order valence-electron chi connectivity index (χ0n) is 14.6. The first-order valence-electron chi connectivity index (χ1n) is 7.69. The van der Waals surface area contributed by atoms with Crippen molar-refractivity contribution >= 4 is 40.7 Å². The van der Waals surface area contributed by atoms with E-state index in [1.165, 1.54) is 37.5 Å². The van der Waals surface area contributed by atoms with Crippen LogP contribution < -0.4 is 20.1 Å². The molecule has 0 atom stereocenters. The zero-order valence-corrected chi connectivity index (χ0v) is 15.4. The highest BCUT2D eigenvalue weighted by atomic mass is 32.1. The van der Waals surface area contributed by atoms with E-state index < -0.39 is 10.8 Å². The van der Waals surface area contributed by atoms with Gasteiger partial charge in [-0.05, 0) is 48.1 Å². The second-order valence-electron chi connectivity index (χ2n) is 5.20. The van der Waals surface area contributed by atoms with Crippen molar-refractivity contribution in [3.63, 3.8) is 0 Å². The normalized spacial score (nSPS) is 10.3. The summed E-state index contributed by atoms with van der Waals surface area (Å²) in [6.07, 6.45) is 2.93. The smallest absolute Gasteiger partial charge is 0.269 e. The molecule has 2 N–H and O–H groups in total. The van der Waals surface area contributed by atoms with Gasteiger partial charge in [0.15, 0.2) is 16.6 Å². The highest BCUT2D eigenvalue weighted by molar-refractivity contribution is 7.80. The molecule has 0 saturated carbocycles. The molecular formula is C18H17N3O5S. The fraction of sp³-hybridized carbons (Fsp3) is 0.111. The molecule has 27 heavy (non-hydrogen) atoms. The lowest BCUT2D eigenvalue weighted by Gasteiger charge is -2.08. The first-order valence-corrected chi connectivity index (χ1v) is 8.10. The fourth-order valence-corrected chi connectivity index (χ4v) is 2.33. The number of nitrogens with one attached hydrogen (secondary N) is 2. The first-order chi connectivity index (χ1) is 12.9. The van der Waals surface area contributed by atoms with Crippen molar-refractivity contribution < 1.29 is 19.2 Å². The van der Waals surface area contributed by atoms with Crippen molar-refractivity contribution in [2.24, 2.45) is 0 Å². The Hall–Kier alpha value is -3.46. The van der Waals surface area contributed by atoms with Crippen LogP contribution in [-0.2, 0) is 4.79 Å². The van der Waals surface area contributed by atoms with Gasteiger partial charge < -0.3 is 14.8 Å². The summed E-state index contributed by atoms with van der Waals surface area (Å²) < 4.78 is 10.4. The van der Waals surface area contributed by atoms with Gasteiger partial charge in [0.1, 0.15) is 0 Å². The third-order valence-corrected chi connectivity index (χ3v) is 3.61. The summed E-state index contributed by atoms with van der Waals surface area (Å²) in [5.74, 6) is 0.715. The molecule has 0 bridgehead atoms. The largest absolute Gasteiger partial charge is 0.493 e. The van der Waals surface area contributed by atoms with Crippen molar-refractivity contribution in [2.75, 3.05) is 19.5 Å². The summed E-state index contributed by atoms with van der Waals surface area (Å²) in [6, 6.07) is 10.9. The van der Waals surface area contributed by atoms with Crippen LogP contribution in [0.5, 0.6) is 11.5 Å². The number of hydrogen-bond donors (Lipinski definition) is 2. The van der Waals surface area contributed by atoms with Crippen molar-refractivity contribution in [3.05, 3.63) is 64.2 Å². The second kappa shape index (κ2) is 9.30. The summed E-state index contributed by atoms with van der Waals surface area (Å²) in [5, 5.41) is 16.0. The molecule has 0 aromatic heterocycles. The Morgan fingerprint density at radius 2 is 1.78 bits per heavy atom. The lowest BCUT2D eigenvalue weighted by atomic mass is 10.2. The van der Waals surface area contributed by atoms with E-state index in [2.05, 4.69) is 10.6 Å². The maximum atomic E-state index is 12.0. The zero-order chi connectivity index (χ0) is 19.8. The van der Waals surface area contributed by atoms with E-state index in [1.54, 1.807) is 31.4 Å². The highest BCUT2D eigenvalue weighted by Gasteiger charge is 2.06. The van der Waals surface area contributed by atoms with Gasteiger partial charge in [-0.1, -0.05) is 6.07 Å². The number of hydrogen-bond acceptors (Lipinski definition) is 6. The van der Waals surface area contributed by atoms with E-state index in [0.717, 1.165) is 5.56 Å². The molecule has 0 aliphatic heterocycles. The van der Waals surface area contributed by atoms with Crippen LogP contribution in [0.25, 0.3) is 6.08 Å². The van der Waals surface area contributed by atoms with Crippen LogP contribution >= 0.6 is 12.2 Å². The standard InChI is InChI=1S/C18H17N3O5S/c1-25-15-9-3-12(11-16(15)26-2)4-10-17(22)20-18(27)19-13-5-7-14(8-6-13)21(23)24/h3-11H,1-2H3,(H2,19,20,22,27). The fourth-order valence-electron chi connectivity index (χ4n) is 2.11. The third-order valence-electron chi connectivity index (χ3n) is 3.41. The summed E-state index contributed by atoms with van der Waals surface area (Å²) in [6.45, 7) is 0. The quantitative estimate of drug-likeness (QED) is 0.340. The Morgan fingerprint density at radius 1 is 1.11 bits per heavy atom. The maximum absolute atomic E-state index is 12.0. The van der Waals surface area contributed by atoms with Crippen LogP contribution in [0.1, 0.15) is 5.56 Å². The molecule has 9 heteroatoms. The number of benzene rings is 2. The predicted molar refractivity (Wildman–Crippen MR) is 106 cm³/mol. The van der Waals surface area contributed by atoms with Crippen LogP contribution in [0.15, 0.2) is 48.5 Å². The average molecular weight is 387 g/mol. The van der Waals surface area contributed by atoms with Gasteiger partial charge in [-0.25, -0.2) is 0 Å².